The number of aliphatic hydroxyl groups is 1. The average Bonchev–Trinajstić information content (AvgIpc) is 2.42. The zero-order valence-corrected chi connectivity index (χ0v) is 5.59. The van der Waals surface area contributed by atoms with Gasteiger partial charge in [-0.3, -0.25) is 0 Å². The van der Waals surface area contributed by atoms with Crippen molar-refractivity contribution in [3.8, 4) is 0 Å². The van der Waals surface area contributed by atoms with Gasteiger partial charge in [0.05, 0.1) is 6.10 Å². The molecule has 0 saturated heterocycles. The Morgan fingerprint density at radius 2 is 2.38 bits per heavy atom. The quantitative estimate of drug-likeness (QED) is 0.575. The predicted molar refractivity (Wildman–Crippen MR) is 33.6 cm³/mol. The summed E-state index contributed by atoms with van der Waals surface area (Å²) in [5.41, 5.74) is 0. The maximum Gasteiger partial charge on any atom is 0.0543 e. The maximum atomic E-state index is 8.99. The van der Waals surface area contributed by atoms with Gasteiger partial charge in [0.2, 0.25) is 0 Å². The highest BCUT2D eigenvalue weighted by Crippen LogP contribution is 2.43. The molecule has 0 aromatic heterocycles. The maximum absolute atomic E-state index is 8.99. The second kappa shape index (κ2) is 2.06. The molecule has 1 saturated carbocycles. The fourth-order valence-electron chi connectivity index (χ4n) is 1.33. The van der Waals surface area contributed by atoms with Gasteiger partial charge in [-0.05, 0) is 25.2 Å². The molecule has 0 bridgehead atoms. The molecule has 0 amide bonds. The third-order valence-electron chi connectivity index (χ3n) is 2.12. The van der Waals surface area contributed by atoms with E-state index in [0.29, 0.717) is 5.92 Å². The largest absolute Gasteiger partial charge is 0.393 e. The molecule has 1 aliphatic rings. The second-order valence-electron chi connectivity index (χ2n) is 2.81. The van der Waals surface area contributed by atoms with Crippen LogP contribution in [0.15, 0.2) is 0 Å². The molecule has 0 aliphatic heterocycles. The van der Waals surface area contributed by atoms with Crippen LogP contribution in [-0.4, -0.2) is 11.2 Å². The van der Waals surface area contributed by atoms with Crippen LogP contribution in [0.4, 0.5) is 0 Å². The lowest BCUT2D eigenvalue weighted by atomic mass is 10.2. The first-order valence-electron chi connectivity index (χ1n) is 3.43. The van der Waals surface area contributed by atoms with Gasteiger partial charge in [0.15, 0.2) is 0 Å². The summed E-state index contributed by atoms with van der Waals surface area (Å²) in [7, 11) is 0. The minimum absolute atomic E-state index is 0.0556. The number of aliphatic hydroxyl groups excluding tert-OH is 1. The van der Waals surface area contributed by atoms with Gasteiger partial charge in [0.25, 0.3) is 0 Å². The second-order valence-corrected chi connectivity index (χ2v) is 2.81. The van der Waals surface area contributed by atoms with Crippen molar-refractivity contribution in [1.29, 1.82) is 0 Å². The Bertz CT molecular complexity index is 78.5. The minimum Gasteiger partial charge on any atom is -0.393 e. The molecular formula is C7H14O. The van der Waals surface area contributed by atoms with Gasteiger partial charge in [-0.25, -0.2) is 0 Å². The van der Waals surface area contributed by atoms with E-state index in [9.17, 15) is 0 Å². The van der Waals surface area contributed by atoms with Gasteiger partial charge in [0.1, 0.15) is 0 Å². The van der Waals surface area contributed by atoms with E-state index in [-0.39, 0.29) is 6.10 Å². The normalized spacial score (nSPS) is 39.4. The zero-order valence-electron chi connectivity index (χ0n) is 5.59. The first kappa shape index (κ1) is 6.09. The first-order valence-corrected chi connectivity index (χ1v) is 3.43. The summed E-state index contributed by atoms with van der Waals surface area (Å²) < 4.78 is 0. The Balaban J connectivity index is 2.16. The first-order chi connectivity index (χ1) is 3.75. The van der Waals surface area contributed by atoms with Crippen molar-refractivity contribution >= 4 is 0 Å². The van der Waals surface area contributed by atoms with Gasteiger partial charge >= 0.3 is 0 Å². The van der Waals surface area contributed by atoms with Crippen molar-refractivity contribution in [3.63, 3.8) is 0 Å². The Labute approximate surface area is 50.7 Å². The van der Waals surface area contributed by atoms with Crippen molar-refractivity contribution in [2.45, 2.75) is 32.8 Å². The summed E-state index contributed by atoms with van der Waals surface area (Å²) in [5.74, 6) is 1.48. The van der Waals surface area contributed by atoms with E-state index in [0.717, 1.165) is 5.92 Å². The highest BCUT2D eigenvalue weighted by atomic mass is 16.3. The molecular weight excluding hydrogens is 100 g/mol. The molecule has 3 atom stereocenters. The summed E-state index contributed by atoms with van der Waals surface area (Å²) in [5, 5.41) is 8.99. The lowest BCUT2D eigenvalue weighted by Gasteiger charge is -1.98. The molecule has 1 aliphatic carbocycles. The Hall–Kier alpha value is -0.0400. The van der Waals surface area contributed by atoms with Crippen LogP contribution in [0.3, 0.4) is 0 Å². The molecule has 0 spiro atoms. The van der Waals surface area contributed by atoms with Crippen LogP contribution in [0.2, 0.25) is 0 Å². The van der Waals surface area contributed by atoms with Crippen LogP contribution in [0.1, 0.15) is 26.7 Å². The molecule has 1 N–H and O–H groups in total. The average molecular weight is 114 g/mol. The van der Waals surface area contributed by atoms with Crippen LogP contribution < -0.4 is 0 Å². The predicted octanol–water partition coefficient (Wildman–Crippen LogP) is 1.41. The molecule has 0 heterocycles. The highest BCUT2D eigenvalue weighted by molar-refractivity contribution is 4.88. The highest BCUT2D eigenvalue weighted by Gasteiger charge is 2.38. The molecule has 1 fully saturated rings. The van der Waals surface area contributed by atoms with Crippen LogP contribution in [0.5, 0.6) is 0 Å². The molecule has 1 nitrogen and oxygen atoms in total. The fraction of sp³-hybridized carbons (Fsp3) is 1.00. The molecule has 1 rings (SSSR count). The van der Waals surface area contributed by atoms with Gasteiger partial charge in [-0.1, -0.05) is 13.3 Å². The SMILES string of the molecule is CC[C@@H]1CC1[C@@H](C)O. The van der Waals surface area contributed by atoms with Crippen LogP contribution >= 0.6 is 0 Å². The van der Waals surface area contributed by atoms with E-state index in [1.165, 1.54) is 12.8 Å². The standard InChI is InChI=1S/C7H14O/c1-3-6-4-7(6)5(2)8/h5-8H,3-4H2,1-2H3/t5-,6-,7?/m1/s1. The lowest BCUT2D eigenvalue weighted by Crippen LogP contribution is -2.03. The van der Waals surface area contributed by atoms with Crippen molar-refractivity contribution < 1.29 is 5.11 Å². The third kappa shape index (κ3) is 1.03. The summed E-state index contributed by atoms with van der Waals surface area (Å²) >= 11 is 0. The van der Waals surface area contributed by atoms with Crippen molar-refractivity contribution in [1.82, 2.24) is 0 Å². The molecule has 1 unspecified atom stereocenters. The van der Waals surface area contributed by atoms with Gasteiger partial charge in [-0.15, -0.1) is 0 Å². The lowest BCUT2D eigenvalue weighted by molar-refractivity contribution is 0.164. The van der Waals surface area contributed by atoms with Crippen LogP contribution in [0.25, 0.3) is 0 Å². The Morgan fingerprint density at radius 3 is 2.50 bits per heavy atom. The summed E-state index contributed by atoms with van der Waals surface area (Å²) in [6.45, 7) is 4.08. The van der Waals surface area contributed by atoms with E-state index in [4.69, 9.17) is 5.11 Å². The van der Waals surface area contributed by atoms with E-state index < -0.39 is 0 Å². The van der Waals surface area contributed by atoms with Crippen LogP contribution in [0, 0.1) is 11.8 Å². The molecule has 0 aromatic rings. The monoisotopic (exact) mass is 114 g/mol. The molecule has 8 heavy (non-hydrogen) atoms. The number of hydrogen-bond acceptors (Lipinski definition) is 1. The summed E-state index contributed by atoms with van der Waals surface area (Å²) in [6, 6.07) is 0. The van der Waals surface area contributed by atoms with E-state index in [1.54, 1.807) is 0 Å². The van der Waals surface area contributed by atoms with E-state index >= 15 is 0 Å². The molecule has 0 aromatic carbocycles. The topological polar surface area (TPSA) is 20.2 Å². The third-order valence-corrected chi connectivity index (χ3v) is 2.12. The summed E-state index contributed by atoms with van der Waals surface area (Å²) in [4.78, 5) is 0. The number of rotatable bonds is 2. The number of hydrogen-bond donors (Lipinski definition) is 1. The molecule has 1 heteroatoms. The van der Waals surface area contributed by atoms with Crippen molar-refractivity contribution in [2.24, 2.45) is 11.8 Å². The fourth-order valence-corrected chi connectivity index (χ4v) is 1.33. The van der Waals surface area contributed by atoms with Gasteiger partial charge in [0, 0.05) is 0 Å². The van der Waals surface area contributed by atoms with E-state index in [2.05, 4.69) is 6.92 Å². The van der Waals surface area contributed by atoms with Gasteiger partial charge in [-0.2, -0.15) is 0 Å². The smallest absolute Gasteiger partial charge is 0.0543 e. The Kier molecular flexibility index (Phi) is 1.57. The van der Waals surface area contributed by atoms with Crippen molar-refractivity contribution in [2.75, 3.05) is 0 Å². The van der Waals surface area contributed by atoms with E-state index in [1.807, 2.05) is 6.92 Å². The summed E-state index contributed by atoms with van der Waals surface area (Å²) in [6.07, 6.45) is 2.45. The van der Waals surface area contributed by atoms with Crippen molar-refractivity contribution in [3.05, 3.63) is 0 Å². The zero-order chi connectivity index (χ0) is 6.15. The molecule has 48 valence electrons. The molecule has 0 radical (unpaired) electrons. The van der Waals surface area contributed by atoms with Crippen LogP contribution in [-0.2, 0) is 0 Å². The Morgan fingerprint density at radius 1 is 1.75 bits per heavy atom. The minimum atomic E-state index is -0.0556. The van der Waals surface area contributed by atoms with Gasteiger partial charge < -0.3 is 5.11 Å².